The number of hydrogen-bond acceptors (Lipinski definition) is 5. The maximum absolute atomic E-state index is 13.0. The number of halogens is 2. The number of esters is 1. The first kappa shape index (κ1) is 18.2. The van der Waals surface area contributed by atoms with Crippen LogP contribution >= 0.6 is 23.2 Å². The van der Waals surface area contributed by atoms with Crippen molar-refractivity contribution in [1.82, 2.24) is 5.16 Å². The number of ketones is 1. The zero-order valence-electron chi connectivity index (χ0n) is 13.7. The number of rotatable bonds is 5. The van der Waals surface area contributed by atoms with Gasteiger partial charge in [-0.1, -0.05) is 40.5 Å². The first-order chi connectivity index (χ1) is 12.5. The van der Waals surface area contributed by atoms with Crippen LogP contribution in [0.4, 0.5) is 0 Å². The number of benzene rings is 2. The Balaban J connectivity index is 2.14. The lowest BCUT2D eigenvalue weighted by Gasteiger charge is -2.05. The zero-order chi connectivity index (χ0) is 18.7. The lowest BCUT2D eigenvalue weighted by molar-refractivity contribution is 0.0476. The minimum atomic E-state index is -0.752. The molecule has 132 valence electrons. The van der Waals surface area contributed by atoms with Crippen LogP contribution < -0.4 is 0 Å². The third-order valence-corrected chi connectivity index (χ3v) is 4.11. The quantitative estimate of drug-likeness (QED) is 0.450. The Labute approximate surface area is 159 Å². The molecule has 1 heterocycles. The van der Waals surface area contributed by atoms with Gasteiger partial charge in [0.1, 0.15) is 11.3 Å². The molecule has 0 spiro atoms. The molecule has 0 radical (unpaired) electrons. The highest BCUT2D eigenvalue weighted by molar-refractivity contribution is 6.31. The summed E-state index contributed by atoms with van der Waals surface area (Å²) in [7, 11) is 0. The standard InChI is InChI=1S/C19H13Cl2NO4/c1-2-25-19(24)18-15(17(23)12-5-9-14(21)10-6-12)16(22-26-18)11-3-7-13(20)8-4-11/h3-10H,2H2,1H3. The van der Waals surface area contributed by atoms with E-state index in [1.54, 1.807) is 55.5 Å². The maximum Gasteiger partial charge on any atom is 0.377 e. The summed E-state index contributed by atoms with van der Waals surface area (Å²) in [6.07, 6.45) is 0. The van der Waals surface area contributed by atoms with Gasteiger partial charge in [-0.3, -0.25) is 4.79 Å². The Morgan fingerprint density at radius 2 is 1.58 bits per heavy atom. The van der Waals surface area contributed by atoms with Gasteiger partial charge < -0.3 is 9.26 Å². The van der Waals surface area contributed by atoms with Gasteiger partial charge in [0.05, 0.1) is 6.61 Å². The van der Waals surface area contributed by atoms with Crippen LogP contribution in [0.5, 0.6) is 0 Å². The van der Waals surface area contributed by atoms with Crippen molar-refractivity contribution in [3.63, 3.8) is 0 Å². The molecule has 0 saturated carbocycles. The van der Waals surface area contributed by atoms with Gasteiger partial charge >= 0.3 is 5.97 Å². The van der Waals surface area contributed by atoms with Crippen LogP contribution in [0.15, 0.2) is 53.1 Å². The molecule has 1 aromatic heterocycles. The Morgan fingerprint density at radius 3 is 2.15 bits per heavy atom. The second-order valence-corrected chi connectivity index (χ2v) is 6.17. The topological polar surface area (TPSA) is 69.4 Å². The summed E-state index contributed by atoms with van der Waals surface area (Å²) in [5.74, 6) is -1.41. The van der Waals surface area contributed by atoms with E-state index in [0.29, 0.717) is 21.2 Å². The average Bonchev–Trinajstić information content (AvgIpc) is 3.07. The average molecular weight is 390 g/mol. The molecule has 3 aromatic rings. The lowest BCUT2D eigenvalue weighted by atomic mass is 9.98. The molecule has 0 unspecified atom stereocenters. The molecular formula is C19H13Cl2NO4. The number of carbonyl (C=O) groups excluding carboxylic acids is 2. The van der Waals surface area contributed by atoms with Gasteiger partial charge in [0.2, 0.25) is 0 Å². The van der Waals surface area contributed by atoms with Crippen molar-refractivity contribution < 1.29 is 18.8 Å². The van der Waals surface area contributed by atoms with Crippen molar-refractivity contribution in [2.45, 2.75) is 6.92 Å². The van der Waals surface area contributed by atoms with Gasteiger partial charge in [-0.2, -0.15) is 0 Å². The van der Waals surface area contributed by atoms with E-state index in [0.717, 1.165) is 0 Å². The predicted molar refractivity (Wildman–Crippen MR) is 97.8 cm³/mol. The molecular weight excluding hydrogens is 377 g/mol. The van der Waals surface area contributed by atoms with Crippen molar-refractivity contribution in [2.24, 2.45) is 0 Å². The van der Waals surface area contributed by atoms with Crippen molar-refractivity contribution >= 4 is 35.0 Å². The molecule has 5 nitrogen and oxygen atoms in total. The largest absolute Gasteiger partial charge is 0.460 e. The number of hydrogen-bond donors (Lipinski definition) is 0. The predicted octanol–water partition coefficient (Wildman–Crippen LogP) is 5.06. The molecule has 0 saturated heterocycles. The summed E-state index contributed by atoms with van der Waals surface area (Å²) in [5, 5.41) is 4.95. The SMILES string of the molecule is CCOC(=O)c1onc(-c2ccc(Cl)cc2)c1C(=O)c1ccc(Cl)cc1. The minimum absolute atomic E-state index is 0.0353. The maximum atomic E-state index is 13.0. The summed E-state index contributed by atoms with van der Waals surface area (Å²) >= 11 is 11.8. The number of aromatic nitrogens is 1. The van der Waals surface area contributed by atoms with Gasteiger partial charge in [0.25, 0.3) is 5.76 Å². The summed E-state index contributed by atoms with van der Waals surface area (Å²) in [6.45, 7) is 1.81. The summed E-state index contributed by atoms with van der Waals surface area (Å²) < 4.78 is 10.1. The Hall–Kier alpha value is -2.63. The van der Waals surface area contributed by atoms with Gasteiger partial charge in [-0.15, -0.1) is 0 Å². The monoisotopic (exact) mass is 389 g/mol. The Bertz CT molecular complexity index is 947. The Kier molecular flexibility index (Phi) is 5.40. The van der Waals surface area contributed by atoms with Crippen LogP contribution in [-0.2, 0) is 4.74 Å². The van der Waals surface area contributed by atoms with Crippen LogP contribution in [0.1, 0.15) is 33.4 Å². The molecule has 0 N–H and O–H groups in total. The van der Waals surface area contributed by atoms with Crippen LogP contribution in [-0.4, -0.2) is 23.5 Å². The number of nitrogens with zero attached hydrogens (tertiary/aromatic N) is 1. The lowest BCUT2D eigenvalue weighted by Crippen LogP contribution is -2.11. The number of ether oxygens (including phenoxy) is 1. The molecule has 0 amide bonds. The summed E-state index contributed by atoms with van der Waals surface area (Å²) in [4.78, 5) is 25.2. The van der Waals surface area contributed by atoms with E-state index in [2.05, 4.69) is 5.16 Å². The molecule has 3 rings (SSSR count). The highest BCUT2D eigenvalue weighted by atomic mass is 35.5. The van der Waals surface area contributed by atoms with Crippen molar-refractivity contribution in [3.05, 3.63) is 75.5 Å². The molecule has 2 aromatic carbocycles. The zero-order valence-corrected chi connectivity index (χ0v) is 15.2. The van der Waals surface area contributed by atoms with Crippen LogP contribution in [0.25, 0.3) is 11.3 Å². The molecule has 0 fully saturated rings. The van der Waals surface area contributed by atoms with E-state index in [1.165, 1.54) is 0 Å². The Morgan fingerprint density at radius 1 is 1.00 bits per heavy atom. The fourth-order valence-corrected chi connectivity index (χ4v) is 2.64. The first-order valence-electron chi connectivity index (χ1n) is 7.74. The molecule has 0 aliphatic carbocycles. The smallest absolute Gasteiger partial charge is 0.377 e. The minimum Gasteiger partial charge on any atom is -0.460 e. The number of carbonyl (C=O) groups is 2. The summed E-state index contributed by atoms with van der Waals surface area (Å²) in [6, 6.07) is 13.0. The molecule has 0 bridgehead atoms. The fourth-order valence-electron chi connectivity index (χ4n) is 2.39. The van der Waals surface area contributed by atoms with E-state index < -0.39 is 11.8 Å². The fraction of sp³-hybridized carbons (Fsp3) is 0.105. The second kappa shape index (κ2) is 7.72. The van der Waals surface area contributed by atoms with Crippen LogP contribution in [0.2, 0.25) is 10.0 Å². The highest BCUT2D eigenvalue weighted by Gasteiger charge is 2.30. The highest BCUT2D eigenvalue weighted by Crippen LogP contribution is 2.29. The van der Waals surface area contributed by atoms with Crippen LogP contribution in [0, 0.1) is 0 Å². The van der Waals surface area contributed by atoms with Gasteiger partial charge in [-0.05, 0) is 43.3 Å². The van der Waals surface area contributed by atoms with E-state index in [4.69, 9.17) is 32.5 Å². The van der Waals surface area contributed by atoms with Crippen molar-refractivity contribution in [1.29, 1.82) is 0 Å². The van der Waals surface area contributed by atoms with Crippen molar-refractivity contribution in [2.75, 3.05) is 6.61 Å². The second-order valence-electron chi connectivity index (χ2n) is 5.30. The van der Waals surface area contributed by atoms with Crippen LogP contribution in [0.3, 0.4) is 0 Å². The van der Waals surface area contributed by atoms with Gasteiger partial charge in [0, 0.05) is 21.2 Å². The van der Waals surface area contributed by atoms with E-state index in [1.807, 2.05) is 0 Å². The van der Waals surface area contributed by atoms with Gasteiger partial charge in [-0.25, -0.2) is 4.79 Å². The summed E-state index contributed by atoms with van der Waals surface area (Å²) in [5.41, 5.74) is 1.21. The molecule has 0 aliphatic rings. The van der Waals surface area contributed by atoms with Crippen molar-refractivity contribution in [3.8, 4) is 11.3 Å². The molecule has 0 aliphatic heterocycles. The van der Waals surface area contributed by atoms with E-state index in [9.17, 15) is 9.59 Å². The van der Waals surface area contributed by atoms with E-state index >= 15 is 0 Å². The molecule has 26 heavy (non-hydrogen) atoms. The normalized spacial score (nSPS) is 10.6. The van der Waals surface area contributed by atoms with E-state index in [-0.39, 0.29) is 23.6 Å². The molecule has 0 atom stereocenters. The molecule has 7 heteroatoms. The first-order valence-corrected chi connectivity index (χ1v) is 8.50. The third kappa shape index (κ3) is 3.64. The van der Waals surface area contributed by atoms with Gasteiger partial charge in [0.15, 0.2) is 5.78 Å². The third-order valence-electron chi connectivity index (χ3n) is 3.60.